The topological polar surface area (TPSA) is 41.1 Å². The normalized spacial score (nSPS) is 12.0. The minimum Gasteiger partial charge on any atom is -0.325 e. The number of hydrogen-bond donors (Lipinski definition) is 2. The van der Waals surface area contributed by atoms with Gasteiger partial charge in [-0.05, 0) is 49.4 Å². The molecule has 0 bridgehead atoms. The summed E-state index contributed by atoms with van der Waals surface area (Å²) in [6.07, 6.45) is 0. The molecule has 0 radical (unpaired) electrons. The Morgan fingerprint density at radius 3 is 2.57 bits per heavy atom. The molecule has 3 nitrogen and oxygen atoms in total. The maximum Gasteiger partial charge on any atom is 0.237 e. The second kappa shape index (κ2) is 8.96. The van der Waals surface area contributed by atoms with Crippen LogP contribution in [0.25, 0.3) is 0 Å². The lowest BCUT2D eigenvalue weighted by molar-refractivity contribution is -0.115. The van der Waals surface area contributed by atoms with Gasteiger partial charge in [-0.15, -0.1) is 11.8 Å². The molecule has 0 fully saturated rings. The summed E-state index contributed by atoms with van der Waals surface area (Å²) >= 11 is 7.40. The Kier molecular flexibility index (Phi) is 6.96. The first kappa shape index (κ1) is 17.9. The molecule has 2 aromatic carbocycles. The molecule has 0 aromatic heterocycles. The third kappa shape index (κ3) is 5.57. The van der Waals surface area contributed by atoms with Crippen LogP contribution in [-0.2, 0) is 11.3 Å². The molecule has 0 heterocycles. The molecule has 0 spiro atoms. The number of amides is 1. The SMILES string of the molecule is CCNCc1ccccc1NC(=O)C(C)Sc1ccc(Cl)cc1. The Morgan fingerprint density at radius 1 is 1.17 bits per heavy atom. The maximum absolute atomic E-state index is 12.4. The van der Waals surface area contributed by atoms with Gasteiger partial charge in [-0.25, -0.2) is 0 Å². The summed E-state index contributed by atoms with van der Waals surface area (Å²) < 4.78 is 0. The average molecular weight is 349 g/mol. The molecule has 0 saturated heterocycles. The first-order valence-electron chi connectivity index (χ1n) is 7.62. The molecule has 1 atom stereocenters. The standard InChI is InChI=1S/C18H21ClN2OS/c1-3-20-12-14-6-4-5-7-17(14)21-18(22)13(2)23-16-10-8-15(19)9-11-16/h4-11,13,20H,3,12H2,1-2H3,(H,21,22). The van der Waals surface area contributed by atoms with Crippen molar-refractivity contribution in [2.75, 3.05) is 11.9 Å². The summed E-state index contributed by atoms with van der Waals surface area (Å²) in [5.41, 5.74) is 1.95. The number of anilines is 1. The fourth-order valence-corrected chi connectivity index (χ4v) is 3.05. The number of carbonyl (C=O) groups is 1. The van der Waals surface area contributed by atoms with E-state index in [4.69, 9.17) is 11.6 Å². The summed E-state index contributed by atoms with van der Waals surface area (Å²) in [5.74, 6) is -0.00565. The van der Waals surface area contributed by atoms with E-state index in [1.165, 1.54) is 11.8 Å². The molecule has 0 aliphatic rings. The van der Waals surface area contributed by atoms with Crippen molar-refractivity contribution in [1.82, 2.24) is 5.32 Å². The van der Waals surface area contributed by atoms with Crippen LogP contribution in [-0.4, -0.2) is 17.7 Å². The highest BCUT2D eigenvalue weighted by Gasteiger charge is 2.15. The van der Waals surface area contributed by atoms with Crippen molar-refractivity contribution in [3.63, 3.8) is 0 Å². The van der Waals surface area contributed by atoms with Crippen molar-refractivity contribution in [1.29, 1.82) is 0 Å². The average Bonchev–Trinajstić information content (AvgIpc) is 2.56. The van der Waals surface area contributed by atoms with Crippen LogP contribution in [0.1, 0.15) is 19.4 Å². The van der Waals surface area contributed by atoms with Crippen LogP contribution in [0.2, 0.25) is 5.02 Å². The number of thioether (sulfide) groups is 1. The second-order valence-corrected chi connectivity index (χ2v) is 6.99. The Morgan fingerprint density at radius 2 is 1.87 bits per heavy atom. The van der Waals surface area contributed by atoms with Gasteiger partial charge < -0.3 is 10.6 Å². The van der Waals surface area contributed by atoms with Crippen molar-refractivity contribution >= 4 is 35.0 Å². The maximum atomic E-state index is 12.4. The zero-order valence-electron chi connectivity index (χ0n) is 13.3. The van der Waals surface area contributed by atoms with Gasteiger partial charge in [0.15, 0.2) is 0 Å². The molecule has 0 saturated carbocycles. The monoisotopic (exact) mass is 348 g/mol. The molecule has 0 aliphatic heterocycles. The van der Waals surface area contributed by atoms with Gasteiger partial charge in [0, 0.05) is 22.2 Å². The molecule has 2 rings (SSSR count). The molecular formula is C18H21ClN2OS. The van der Waals surface area contributed by atoms with Crippen LogP contribution in [0.15, 0.2) is 53.4 Å². The third-order valence-corrected chi connectivity index (χ3v) is 4.70. The van der Waals surface area contributed by atoms with Crippen molar-refractivity contribution in [3.8, 4) is 0 Å². The van der Waals surface area contributed by atoms with E-state index in [2.05, 4.69) is 17.6 Å². The smallest absolute Gasteiger partial charge is 0.237 e. The molecule has 1 amide bonds. The Bertz CT molecular complexity index is 646. The number of carbonyl (C=O) groups excluding carboxylic acids is 1. The van der Waals surface area contributed by atoms with Gasteiger partial charge in [0.1, 0.15) is 0 Å². The van der Waals surface area contributed by atoms with Crippen LogP contribution in [0, 0.1) is 0 Å². The molecule has 2 aromatic rings. The first-order valence-corrected chi connectivity index (χ1v) is 8.87. The Balaban J connectivity index is 1.99. The molecular weight excluding hydrogens is 328 g/mol. The number of hydrogen-bond acceptors (Lipinski definition) is 3. The quantitative estimate of drug-likeness (QED) is 0.720. The minimum absolute atomic E-state index is 0.00565. The molecule has 1 unspecified atom stereocenters. The van der Waals surface area contributed by atoms with E-state index in [0.29, 0.717) is 5.02 Å². The Hall–Kier alpha value is -1.49. The van der Waals surface area contributed by atoms with Crippen LogP contribution in [0.3, 0.4) is 0 Å². The van der Waals surface area contributed by atoms with E-state index in [-0.39, 0.29) is 11.2 Å². The van der Waals surface area contributed by atoms with E-state index in [9.17, 15) is 4.79 Å². The zero-order chi connectivity index (χ0) is 16.7. The van der Waals surface area contributed by atoms with Crippen molar-refractivity contribution in [3.05, 3.63) is 59.1 Å². The van der Waals surface area contributed by atoms with Gasteiger partial charge in [0.2, 0.25) is 5.91 Å². The van der Waals surface area contributed by atoms with Gasteiger partial charge in [0.05, 0.1) is 5.25 Å². The highest BCUT2D eigenvalue weighted by atomic mass is 35.5. The predicted molar refractivity (Wildman–Crippen MR) is 99.2 cm³/mol. The highest BCUT2D eigenvalue weighted by molar-refractivity contribution is 8.00. The summed E-state index contributed by atoms with van der Waals surface area (Å²) in [6.45, 7) is 5.60. The van der Waals surface area contributed by atoms with Crippen molar-refractivity contribution in [2.24, 2.45) is 0 Å². The largest absolute Gasteiger partial charge is 0.325 e. The lowest BCUT2D eigenvalue weighted by atomic mass is 10.1. The lowest BCUT2D eigenvalue weighted by Crippen LogP contribution is -2.24. The van der Waals surface area contributed by atoms with Crippen LogP contribution < -0.4 is 10.6 Å². The molecule has 23 heavy (non-hydrogen) atoms. The van der Waals surface area contributed by atoms with E-state index < -0.39 is 0 Å². The lowest BCUT2D eigenvalue weighted by Gasteiger charge is -2.15. The Labute approximate surface area is 146 Å². The number of rotatable bonds is 7. The molecule has 5 heteroatoms. The van der Waals surface area contributed by atoms with Gasteiger partial charge >= 0.3 is 0 Å². The second-order valence-electron chi connectivity index (χ2n) is 5.14. The minimum atomic E-state index is -0.191. The van der Waals surface area contributed by atoms with E-state index >= 15 is 0 Å². The summed E-state index contributed by atoms with van der Waals surface area (Å²) in [5, 5.41) is 6.82. The van der Waals surface area contributed by atoms with Gasteiger partial charge in [0.25, 0.3) is 0 Å². The third-order valence-electron chi connectivity index (χ3n) is 3.34. The molecule has 122 valence electrons. The summed E-state index contributed by atoms with van der Waals surface area (Å²) in [7, 11) is 0. The predicted octanol–water partition coefficient (Wildman–Crippen LogP) is 4.57. The van der Waals surface area contributed by atoms with Crippen LogP contribution >= 0.6 is 23.4 Å². The van der Waals surface area contributed by atoms with Gasteiger partial charge in [-0.2, -0.15) is 0 Å². The number of nitrogens with one attached hydrogen (secondary N) is 2. The fourth-order valence-electron chi connectivity index (χ4n) is 2.06. The number of para-hydroxylation sites is 1. The summed E-state index contributed by atoms with van der Waals surface area (Å²) in [4.78, 5) is 13.5. The zero-order valence-corrected chi connectivity index (χ0v) is 14.9. The van der Waals surface area contributed by atoms with Crippen LogP contribution in [0.5, 0.6) is 0 Å². The number of benzene rings is 2. The van der Waals surface area contributed by atoms with E-state index in [1.807, 2.05) is 55.5 Å². The van der Waals surface area contributed by atoms with Crippen LogP contribution in [0.4, 0.5) is 5.69 Å². The number of halogens is 1. The van der Waals surface area contributed by atoms with Gasteiger partial charge in [-0.1, -0.05) is 36.7 Å². The first-order chi connectivity index (χ1) is 11.1. The van der Waals surface area contributed by atoms with E-state index in [1.54, 1.807) is 0 Å². The van der Waals surface area contributed by atoms with Crippen molar-refractivity contribution in [2.45, 2.75) is 30.5 Å². The van der Waals surface area contributed by atoms with Crippen molar-refractivity contribution < 1.29 is 4.79 Å². The highest BCUT2D eigenvalue weighted by Crippen LogP contribution is 2.26. The molecule has 2 N–H and O–H groups in total. The fraction of sp³-hybridized carbons (Fsp3) is 0.278. The van der Waals surface area contributed by atoms with Gasteiger partial charge in [-0.3, -0.25) is 4.79 Å². The van der Waals surface area contributed by atoms with E-state index in [0.717, 1.165) is 29.2 Å². The summed E-state index contributed by atoms with van der Waals surface area (Å²) in [6, 6.07) is 15.4. The molecule has 0 aliphatic carbocycles.